The Kier molecular flexibility index (Phi) is 3.37. The van der Waals surface area contributed by atoms with Crippen LogP contribution in [0.5, 0.6) is 10.9 Å². The number of fused-ring (bicyclic) bond motifs is 1. The lowest BCUT2D eigenvalue weighted by Gasteiger charge is -2.25. The highest BCUT2D eigenvalue weighted by atomic mass is 32.1. The normalized spacial score (nSPS) is 15.6. The van der Waals surface area contributed by atoms with E-state index in [-0.39, 0.29) is 0 Å². The lowest BCUT2D eigenvalue weighted by atomic mass is 9.86. The minimum absolute atomic E-state index is 0.658. The molecule has 1 fully saturated rings. The van der Waals surface area contributed by atoms with E-state index < -0.39 is 0 Å². The Labute approximate surface area is 111 Å². The lowest BCUT2D eigenvalue weighted by molar-refractivity contribution is 0.181. The first-order valence-electron chi connectivity index (χ1n) is 6.51. The Morgan fingerprint density at radius 1 is 1.33 bits per heavy atom. The molecule has 1 aliphatic rings. The molecule has 0 unspecified atom stereocenters. The van der Waals surface area contributed by atoms with Crippen molar-refractivity contribution in [3.05, 3.63) is 18.2 Å². The summed E-state index contributed by atoms with van der Waals surface area (Å²) in [4.78, 5) is 4.41. The number of hydrogen-bond donors (Lipinski definition) is 0. The predicted octanol–water partition coefficient (Wildman–Crippen LogP) is 3.87. The first kappa shape index (κ1) is 11.8. The summed E-state index contributed by atoms with van der Waals surface area (Å²) in [5, 5.41) is 0.739. The molecule has 0 saturated heterocycles. The monoisotopic (exact) mass is 263 g/mol. The van der Waals surface area contributed by atoms with Crippen molar-refractivity contribution in [2.45, 2.75) is 26.2 Å². The summed E-state index contributed by atoms with van der Waals surface area (Å²) >= 11 is 1.58. The maximum Gasteiger partial charge on any atom is 0.274 e. The third-order valence-corrected chi connectivity index (χ3v) is 4.25. The van der Waals surface area contributed by atoms with Crippen molar-refractivity contribution in [2.24, 2.45) is 5.92 Å². The molecule has 3 rings (SSSR count). The topological polar surface area (TPSA) is 31.4 Å². The maximum atomic E-state index is 5.83. The van der Waals surface area contributed by atoms with Gasteiger partial charge in [-0.3, -0.25) is 0 Å². The zero-order chi connectivity index (χ0) is 12.4. The summed E-state index contributed by atoms with van der Waals surface area (Å²) in [6.45, 7) is 3.48. The van der Waals surface area contributed by atoms with Gasteiger partial charge >= 0.3 is 0 Å². The third-order valence-electron chi connectivity index (χ3n) is 3.32. The van der Waals surface area contributed by atoms with Gasteiger partial charge in [0.05, 0.1) is 23.4 Å². The summed E-state index contributed by atoms with van der Waals surface area (Å²) in [5.41, 5.74) is 0.986. The lowest BCUT2D eigenvalue weighted by Crippen LogP contribution is -2.19. The van der Waals surface area contributed by atoms with Crippen molar-refractivity contribution in [3.63, 3.8) is 0 Å². The molecule has 18 heavy (non-hydrogen) atoms. The van der Waals surface area contributed by atoms with Crippen LogP contribution >= 0.6 is 11.3 Å². The SMILES string of the molecule is CCOc1nc2ccc(OCC3CCC3)cc2s1. The molecule has 1 aromatic heterocycles. The van der Waals surface area contributed by atoms with Crippen LogP contribution in [0.2, 0.25) is 0 Å². The zero-order valence-electron chi connectivity index (χ0n) is 10.5. The first-order valence-corrected chi connectivity index (χ1v) is 7.33. The van der Waals surface area contributed by atoms with E-state index in [9.17, 15) is 0 Å². The number of aromatic nitrogens is 1. The van der Waals surface area contributed by atoms with Crippen molar-refractivity contribution >= 4 is 21.6 Å². The van der Waals surface area contributed by atoms with Gasteiger partial charge in [-0.2, -0.15) is 0 Å². The number of nitrogens with zero attached hydrogens (tertiary/aromatic N) is 1. The van der Waals surface area contributed by atoms with Crippen molar-refractivity contribution in [3.8, 4) is 10.9 Å². The highest BCUT2D eigenvalue weighted by molar-refractivity contribution is 7.20. The van der Waals surface area contributed by atoms with Gasteiger partial charge in [-0.05, 0) is 43.9 Å². The number of hydrogen-bond acceptors (Lipinski definition) is 4. The fourth-order valence-electron chi connectivity index (χ4n) is 2.03. The number of thiazole rings is 1. The highest BCUT2D eigenvalue weighted by Crippen LogP contribution is 2.32. The molecule has 0 N–H and O–H groups in total. The molecule has 96 valence electrons. The van der Waals surface area contributed by atoms with Crippen molar-refractivity contribution < 1.29 is 9.47 Å². The van der Waals surface area contributed by atoms with Crippen LogP contribution in [0.25, 0.3) is 10.2 Å². The average molecular weight is 263 g/mol. The van der Waals surface area contributed by atoms with Crippen LogP contribution in [-0.4, -0.2) is 18.2 Å². The summed E-state index contributed by atoms with van der Waals surface area (Å²) in [6, 6.07) is 6.06. The van der Waals surface area contributed by atoms with Gasteiger partial charge in [-0.15, -0.1) is 0 Å². The van der Waals surface area contributed by atoms with Gasteiger partial charge in [0.15, 0.2) is 0 Å². The molecular formula is C14H17NO2S. The number of rotatable bonds is 5. The summed E-state index contributed by atoms with van der Waals surface area (Å²) < 4.78 is 12.4. The number of ether oxygens (including phenoxy) is 2. The molecule has 0 aliphatic heterocycles. The van der Waals surface area contributed by atoms with Crippen LogP contribution in [0, 0.1) is 5.92 Å². The van der Waals surface area contributed by atoms with Crippen LogP contribution in [0.3, 0.4) is 0 Å². The van der Waals surface area contributed by atoms with Gasteiger partial charge < -0.3 is 9.47 Å². The fourth-order valence-corrected chi connectivity index (χ4v) is 2.93. The second-order valence-corrected chi connectivity index (χ2v) is 5.64. The molecule has 4 heteroatoms. The van der Waals surface area contributed by atoms with Crippen molar-refractivity contribution in [1.82, 2.24) is 4.98 Å². The number of benzene rings is 1. The third kappa shape index (κ3) is 2.43. The largest absolute Gasteiger partial charge is 0.493 e. The Morgan fingerprint density at radius 3 is 2.94 bits per heavy atom. The van der Waals surface area contributed by atoms with E-state index in [1.807, 2.05) is 19.1 Å². The summed E-state index contributed by atoms with van der Waals surface area (Å²) in [6.07, 6.45) is 3.99. The molecule has 1 aromatic carbocycles. The fraction of sp³-hybridized carbons (Fsp3) is 0.500. The summed E-state index contributed by atoms with van der Waals surface area (Å²) in [7, 11) is 0. The quantitative estimate of drug-likeness (QED) is 0.820. The van der Waals surface area contributed by atoms with Gasteiger partial charge in [0, 0.05) is 0 Å². The minimum Gasteiger partial charge on any atom is -0.493 e. The van der Waals surface area contributed by atoms with Gasteiger partial charge in [-0.25, -0.2) is 4.98 Å². The molecule has 0 atom stereocenters. The van der Waals surface area contributed by atoms with E-state index in [2.05, 4.69) is 11.1 Å². The van der Waals surface area contributed by atoms with Crippen molar-refractivity contribution in [2.75, 3.05) is 13.2 Å². The van der Waals surface area contributed by atoms with Gasteiger partial charge in [-0.1, -0.05) is 17.8 Å². The molecule has 1 saturated carbocycles. The molecule has 3 nitrogen and oxygen atoms in total. The highest BCUT2D eigenvalue weighted by Gasteiger charge is 2.18. The molecule has 0 radical (unpaired) electrons. The van der Waals surface area contributed by atoms with Gasteiger partial charge in [0.2, 0.25) is 0 Å². The molecule has 0 spiro atoms. The van der Waals surface area contributed by atoms with Gasteiger partial charge in [0.25, 0.3) is 5.19 Å². The molecule has 0 amide bonds. The van der Waals surface area contributed by atoms with E-state index in [1.54, 1.807) is 11.3 Å². The molecule has 0 bridgehead atoms. The van der Waals surface area contributed by atoms with Crippen LogP contribution in [-0.2, 0) is 0 Å². The first-order chi connectivity index (χ1) is 8.85. The van der Waals surface area contributed by atoms with Crippen LogP contribution in [0.15, 0.2) is 18.2 Å². The second-order valence-electron chi connectivity index (χ2n) is 4.65. The molecule has 2 aromatic rings. The van der Waals surface area contributed by atoms with Crippen LogP contribution in [0.1, 0.15) is 26.2 Å². The zero-order valence-corrected chi connectivity index (χ0v) is 11.3. The molecule has 1 heterocycles. The van der Waals surface area contributed by atoms with E-state index in [1.165, 1.54) is 19.3 Å². The molecular weight excluding hydrogens is 246 g/mol. The second kappa shape index (κ2) is 5.14. The van der Waals surface area contributed by atoms with Crippen molar-refractivity contribution in [1.29, 1.82) is 0 Å². The summed E-state index contributed by atoms with van der Waals surface area (Å²) in [5.74, 6) is 1.71. The Hall–Kier alpha value is -1.29. The Morgan fingerprint density at radius 2 is 2.22 bits per heavy atom. The van der Waals surface area contributed by atoms with E-state index in [0.717, 1.165) is 33.7 Å². The van der Waals surface area contributed by atoms with Gasteiger partial charge in [0.1, 0.15) is 5.75 Å². The van der Waals surface area contributed by atoms with E-state index in [4.69, 9.17) is 9.47 Å². The molecule has 1 aliphatic carbocycles. The van der Waals surface area contributed by atoms with Crippen LogP contribution in [0.4, 0.5) is 0 Å². The minimum atomic E-state index is 0.658. The standard InChI is InChI=1S/C14H17NO2S/c1-2-16-14-15-12-7-6-11(8-13(12)18-14)17-9-10-4-3-5-10/h6-8,10H,2-5,9H2,1H3. The smallest absolute Gasteiger partial charge is 0.274 e. The van der Waals surface area contributed by atoms with E-state index in [0.29, 0.717) is 6.61 Å². The Balaban J connectivity index is 1.72. The average Bonchev–Trinajstić information content (AvgIpc) is 2.69. The maximum absolute atomic E-state index is 5.83. The van der Waals surface area contributed by atoms with E-state index >= 15 is 0 Å². The Bertz CT molecular complexity index is 534. The van der Waals surface area contributed by atoms with Crippen LogP contribution < -0.4 is 9.47 Å². The predicted molar refractivity (Wildman–Crippen MR) is 73.6 cm³/mol.